The molecular weight excluding hydrogens is 244 g/mol. The summed E-state index contributed by atoms with van der Waals surface area (Å²) in [6, 6.07) is 11.9. The number of nitrogens with two attached hydrogens (primary N) is 1. The second-order valence-corrected chi connectivity index (χ2v) is 4.76. The fraction of sp³-hybridized carbons (Fsp3) is 0.214. The molecule has 1 heterocycles. The molecule has 0 unspecified atom stereocenters. The molecule has 1 aromatic carbocycles. The largest absolute Gasteiger partial charge is 0.468 e. The van der Waals surface area contributed by atoms with Crippen LogP contribution in [-0.2, 0) is 13.1 Å². The molecule has 1 aromatic heterocycles. The van der Waals surface area contributed by atoms with E-state index in [2.05, 4.69) is 18.0 Å². The number of hydrogen-bond donors (Lipinski definition) is 1. The normalized spacial score (nSPS) is 10.8. The molecule has 2 aromatic rings. The predicted molar refractivity (Wildman–Crippen MR) is 76.2 cm³/mol. The van der Waals surface area contributed by atoms with Crippen LogP contribution in [0.15, 0.2) is 47.1 Å². The molecule has 0 aliphatic rings. The van der Waals surface area contributed by atoms with Crippen molar-refractivity contribution in [2.24, 2.45) is 5.73 Å². The second-order valence-electron chi connectivity index (χ2n) is 4.32. The molecule has 2 rings (SSSR count). The number of thiocarbonyl (C=S) groups is 1. The highest BCUT2D eigenvalue weighted by atomic mass is 32.1. The highest BCUT2D eigenvalue weighted by molar-refractivity contribution is 7.80. The van der Waals surface area contributed by atoms with Crippen molar-refractivity contribution < 1.29 is 4.42 Å². The first-order chi connectivity index (χ1) is 8.65. The minimum absolute atomic E-state index is 0.436. The van der Waals surface area contributed by atoms with E-state index in [-0.39, 0.29) is 0 Å². The fourth-order valence-electron chi connectivity index (χ4n) is 1.86. The van der Waals surface area contributed by atoms with Gasteiger partial charge < -0.3 is 10.2 Å². The van der Waals surface area contributed by atoms with Crippen LogP contribution in [-0.4, -0.2) is 16.9 Å². The Hall–Kier alpha value is -1.65. The highest BCUT2D eigenvalue weighted by Gasteiger charge is 2.05. The third-order valence-electron chi connectivity index (χ3n) is 2.67. The Morgan fingerprint density at radius 1 is 1.28 bits per heavy atom. The number of nitrogens with zero attached hydrogens (tertiary/aromatic N) is 1. The minimum Gasteiger partial charge on any atom is -0.468 e. The fourth-order valence-corrected chi connectivity index (χ4v) is 1.99. The van der Waals surface area contributed by atoms with Crippen LogP contribution >= 0.6 is 12.2 Å². The van der Waals surface area contributed by atoms with Gasteiger partial charge >= 0.3 is 0 Å². The molecular formula is C14H16N2OS. The smallest absolute Gasteiger partial charge is 0.117 e. The molecule has 0 saturated heterocycles. The Labute approximate surface area is 112 Å². The molecule has 3 nitrogen and oxygen atoms in total. The molecule has 0 fully saturated rings. The van der Waals surface area contributed by atoms with Crippen molar-refractivity contribution in [2.75, 3.05) is 7.05 Å². The van der Waals surface area contributed by atoms with Gasteiger partial charge in [-0.25, -0.2) is 0 Å². The van der Waals surface area contributed by atoms with E-state index < -0.39 is 0 Å². The van der Waals surface area contributed by atoms with E-state index in [0.29, 0.717) is 4.99 Å². The lowest BCUT2D eigenvalue weighted by Crippen LogP contribution is -2.17. The van der Waals surface area contributed by atoms with Gasteiger partial charge in [-0.2, -0.15) is 0 Å². The lowest BCUT2D eigenvalue weighted by Gasteiger charge is -2.15. The van der Waals surface area contributed by atoms with Crippen LogP contribution in [0.25, 0.3) is 0 Å². The lowest BCUT2D eigenvalue weighted by atomic mass is 10.1. The van der Waals surface area contributed by atoms with Crippen LogP contribution in [0.3, 0.4) is 0 Å². The van der Waals surface area contributed by atoms with Crippen LogP contribution in [0.1, 0.15) is 16.9 Å². The van der Waals surface area contributed by atoms with Crippen molar-refractivity contribution in [3.05, 3.63) is 59.5 Å². The van der Waals surface area contributed by atoms with E-state index in [1.165, 1.54) is 5.56 Å². The summed E-state index contributed by atoms with van der Waals surface area (Å²) in [6.45, 7) is 1.61. The summed E-state index contributed by atoms with van der Waals surface area (Å²) in [5, 5.41) is 0. The van der Waals surface area contributed by atoms with E-state index in [9.17, 15) is 0 Å². The molecule has 0 spiro atoms. The summed E-state index contributed by atoms with van der Waals surface area (Å²) in [7, 11) is 2.05. The molecule has 94 valence electrons. The Morgan fingerprint density at radius 2 is 2.11 bits per heavy atom. The van der Waals surface area contributed by atoms with Crippen molar-refractivity contribution in [1.82, 2.24) is 4.90 Å². The molecule has 0 radical (unpaired) electrons. The third-order valence-corrected chi connectivity index (χ3v) is 2.91. The topological polar surface area (TPSA) is 42.4 Å². The van der Waals surface area contributed by atoms with Crippen LogP contribution in [0.2, 0.25) is 0 Å². The summed E-state index contributed by atoms with van der Waals surface area (Å²) >= 11 is 4.98. The van der Waals surface area contributed by atoms with Crippen molar-refractivity contribution in [2.45, 2.75) is 13.1 Å². The predicted octanol–water partition coefficient (Wildman–Crippen LogP) is 2.55. The zero-order chi connectivity index (χ0) is 13.0. The van der Waals surface area contributed by atoms with Gasteiger partial charge in [0.1, 0.15) is 10.7 Å². The molecule has 0 amide bonds. The Balaban J connectivity index is 2.00. The maximum atomic E-state index is 5.63. The van der Waals surface area contributed by atoms with Gasteiger partial charge in [-0.3, -0.25) is 4.90 Å². The van der Waals surface area contributed by atoms with Crippen molar-refractivity contribution in [3.8, 4) is 0 Å². The number of rotatable bonds is 5. The Bertz CT molecular complexity index is 522. The summed E-state index contributed by atoms with van der Waals surface area (Å²) in [6.07, 6.45) is 1.69. The molecule has 2 N–H and O–H groups in total. The first-order valence-corrected chi connectivity index (χ1v) is 6.15. The van der Waals surface area contributed by atoms with E-state index in [1.54, 1.807) is 6.26 Å². The van der Waals surface area contributed by atoms with Crippen LogP contribution in [0, 0.1) is 0 Å². The summed E-state index contributed by atoms with van der Waals surface area (Å²) in [5.74, 6) is 0.961. The van der Waals surface area contributed by atoms with Gasteiger partial charge in [0.25, 0.3) is 0 Å². The molecule has 0 aliphatic heterocycles. The Morgan fingerprint density at radius 3 is 2.78 bits per heavy atom. The maximum absolute atomic E-state index is 5.63. The van der Waals surface area contributed by atoms with Crippen molar-refractivity contribution in [1.29, 1.82) is 0 Å². The number of benzene rings is 1. The molecule has 0 bridgehead atoms. The van der Waals surface area contributed by atoms with E-state index in [4.69, 9.17) is 22.4 Å². The summed E-state index contributed by atoms with van der Waals surface area (Å²) in [5.41, 5.74) is 7.73. The van der Waals surface area contributed by atoms with Gasteiger partial charge in [0, 0.05) is 12.1 Å². The Kier molecular flexibility index (Phi) is 4.12. The first-order valence-electron chi connectivity index (χ1n) is 5.75. The van der Waals surface area contributed by atoms with E-state index in [0.717, 1.165) is 24.4 Å². The summed E-state index contributed by atoms with van der Waals surface area (Å²) in [4.78, 5) is 2.61. The van der Waals surface area contributed by atoms with Crippen molar-refractivity contribution in [3.63, 3.8) is 0 Å². The van der Waals surface area contributed by atoms with Crippen molar-refractivity contribution >= 4 is 17.2 Å². The van der Waals surface area contributed by atoms with Gasteiger partial charge in [-0.1, -0.05) is 30.4 Å². The molecule has 0 atom stereocenters. The average Bonchev–Trinajstić information content (AvgIpc) is 2.82. The molecule has 4 heteroatoms. The molecule has 0 saturated carbocycles. The second kappa shape index (κ2) is 5.80. The number of furan rings is 1. The van der Waals surface area contributed by atoms with Gasteiger partial charge in [0.05, 0.1) is 12.8 Å². The van der Waals surface area contributed by atoms with Crippen LogP contribution in [0.5, 0.6) is 0 Å². The third kappa shape index (κ3) is 3.42. The quantitative estimate of drug-likeness (QED) is 0.839. The monoisotopic (exact) mass is 260 g/mol. The van der Waals surface area contributed by atoms with Gasteiger partial charge in [-0.05, 0) is 30.8 Å². The van der Waals surface area contributed by atoms with E-state index in [1.807, 2.05) is 30.3 Å². The van der Waals surface area contributed by atoms with Crippen LogP contribution < -0.4 is 5.73 Å². The minimum atomic E-state index is 0.436. The van der Waals surface area contributed by atoms with Gasteiger partial charge in [0.15, 0.2) is 0 Å². The SMILES string of the molecule is CN(Cc1cccc(C(N)=S)c1)Cc1ccco1. The summed E-state index contributed by atoms with van der Waals surface area (Å²) < 4.78 is 5.32. The maximum Gasteiger partial charge on any atom is 0.117 e. The lowest BCUT2D eigenvalue weighted by molar-refractivity contribution is 0.288. The zero-order valence-corrected chi connectivity index (χ0v) is 11.1. The zero-order valence-electron chi connectivity index (χ0n) is 10.3. The highest BCUT2D eigenvalue weighted by Crippen LogP contribution is 2.10. The van der Waals surface area contributed by atoms with E-state index >= 15 is 0 Å². The average molecular weight is 260 g/mol. The molecule has 0 aliphatic carbocycles. The standard InChI is InChI=1S/C14H16N2OS/c1-16(10-13-6-3-7-17-13)9-11-4-2-5-12(8-11)14(15)18/h2-8H,9-10H2,1H3,(H2,15,18). The van der Waals surface area contributed by atoms with Crippen LogP contribution in [0.4, 0.5) is 0 Å². The first kappa shape index (κ1) is 12.8. The number of hydrogen-bond acceptors (Lipinski definition) is 3. The van der Waals surface area contributed by atoms with Gasteiger partial charge in [0.2, 0.25) is 0 Å². The molecule has 18 heavy (non-hydrogen) atoms. The van der Waals surface area contributed by atoms with Gasteiger partial charge in [-0.15, -0.1) is 0 Å².